The fraction of sp³-hybridized carbons (Fsp3) is 0.600. The molecule has 10 heavy (non-hydrogen) atoms. The zero-order chi connectivity index (χ0) is 6.97. The van der Waals surface area contributed by atoms with Gasteiger partial charge in [-0.3, -0.25) is 4.79 Å². The van der Waals surface area contributed by atoms with Gasteiger partial charge < -0.3 is 0 Å². The van der Waals surface area contributed by atoms with Gasteiger partial charge in [0, 0.05) is 5.92 Å². The predicted molar refractivity (Wildman–Crippen MR) is 31.2 cm³/mol. The molecule has 1 fully saturated rings. The number of carbonyl (C=O) groups excluding carboxylic acids is 1. The van der Waals surface area contributed by atoms with Gasteiger partial charge in [-0.2, -0.15) is 5.21 Å². The fourth-order valence-electron chi connectivity index (χ4n) is 0.794. The number of aromatic nitrogens is 4. The highest BCUT2D eigenvalue weighted by Crippen LogP contribution is 2.31. The van der Waals surface area contributed by atoms with Crippen molar-refractivity contribution in [1.29, 1.82) is 0 Å². The Kier molecular flexibility index (Phi) is 1.03. The van der Waals surface area contributed by atoms with Crippen LogP contribution in [0.2, 0.25) is 0 Å². The Morgan fingerprint density at radius 1 is 1.60 bits per heavy atom. The summed E-state index contributed by atoms with van der Waals surface area (Å²) in [6.07, 6.45) is 1.96. The van der Waals surface area contributed by atoms with Crippen molar-refractivity contribution in [3.8, 4) is 0 Å². The summed E-state index contributed by atoms with van der Waals surface area (Å²) in [5.74, 6) is 0.425. The number of aromatic amines is 1. The standard InChI is InChI=1S/C5H6N4O/c10-4(3-1-2-3)5-6-8-9-7-5/h3H,1-2H2,(H,6,7,8,9). The molecule has 0 unspecified atom stereocenters. The summed E-state index contributed by atoms with van der Waals surface area (Å²) >= 11 is 0. The molecule has 0 atom stereocenters. The molecule has 2 rings (SSSR count). The summed E-state index contributed by atoms with van der Waals surface area (Å²) < 4.78 is 0. The Morgan fingerprint density at radius 3 is 2.90 bits per heavy atom. The average Bonchev–Trinajstić information content (AvgIpc) is 2.65. The third kappa shape index (κ3) is 0.792. The second kappa shape index (κ2) is 1.86. The highest BCUT2D eigenvalue weighted by molar-refractivity contribution is 5.95. The molecule has 1 heterocycles. The second-order valence-electron chi connectivity index (χ2n) is 2.37. The number of nitrogens with zero attached hydrogens (tertiary/aromatic N) is 3. The number of H-pyrrole nitrogens is 1. The van der Waals surface area contributed by atoms with Gasteiger partial charge in [0.2, 0.25) is 11.6 Å². The van der Waals surface area contributed by atoms with Gasteiger partial charge in [-0.1, -0.05) is 0 Å². The van der Waals surface area contributed by atoms with Crippen LogP contribution in [0.4, 0.5) is 0 Å². The quantitative estimate of drug-likeness (QED) is 0.574. The van der Waals surface area contributed by atoms with Gasteiger partial charge in [-0.25, -0.2) is 0 Å². The van der Waals surface area contributed by atoms with E-state index in [4.69, 9.17) is 0 Å². The van der Waals surface area contributed by atoms with Crippen LogP contribution in [-0.4, -0.2) is 26.4 Å². The van der Waals surface area contributed by atoms with Crippen molar-refractivity contribution in [3.05, 3.63) is 5.82 Å². The molecule has 0 aromatic carbocycles. The van der Waals surface area contributed by atoms with Crippen LogP contribution in [0.15, 0.2) is 0 Å². The number of hydrogen-bond donors (Lipinski definition) is 1. The monoisotopic (exact) mass is 138 g/mol. The summed E-state index contributed by atoms with van der Waals surface area (Å²) in [4.78, 5) is 11.1. The number of Topliss-reactive ketones (excluding diaryl/α,β-unsaturated/α-hetero) is 1. The minimum absolute atomic E-state index is 0.0220. The smallest absolute Gasteiger partial charge is 0.240 e. The fourth-order valence-corrected chi connectivity index (χ4v) is 0.794. The van der Waals surface area contributed by atoms with Gasteiger partial charge in [0.1, 0.15) is 0 Å². The van der Waals surface area contributed by atoms with Crippen LogP contribution >= 0.6 is 0 Å². The van der Waals surface area contributed by atoms with Crippen LogP contribution in [0.1, 0.15) is 23.5 Å². The molecule has 5 nitrogen and oxygen atoms in total. The number of tetrazole rings is 1. The van der Waals surface area contributed by atoms with Crippen molar-refractivity contribution in [2.75, 3.05) is 0 Å². The van der Waals surface area contributed by atoms with Crippen molar-refractivity contribution in [3.63, 3.8) is 0 Å². The largest absolute Gasteiger partial charge is 0.290 e. The predicted octanol–water partition coefficient (Wildman–Crippen LogP) is -0.208. The van der Waals surface area contributed by atoms with E-state index in [1.165, 1.54) is 0 Å². The Bertz CT molecular complexity index is 238. The van der Waals surface area contributed by atoms with E-state index in [0.717, 1.165) is 12.8 Å². The highest BCUT2D eigenvalue weighted by atomic mass is 16.1. The van der Waals surface area contributed by atoms with Crippen LogP contribution in [0.3, 0.4) is 0 Å². The van der Waals surface area contributed by atoms with Crippen molar-refractivity contribution >= 4 is 5.78 Å². The Labute approximate surface area is 56.8 Å². The van der Waals surface area contributed by atoms with Crippen LogP contribution in [0.5, 0.6) is 0 Å². The molecule has 0 saturated heterocycles. The van der Waals surface area contributed by atoms with Gasteiger partial charge in [0.25, 0.3) is 0 Å². The van der Waals surface area contributed by atoms with Gasteiger partial charge >= 0.3 is 0 Å². The Hall–Kier alpha value is -1.26. The summed E-state index contributed by atoms with van der Waals surface area (Å²) in [5.41, 5.74) is 0. The minimum atomic E-state index is 0.0220. The summed E-state index contributed by atoms with van der Waals surface area (Å²) in [6, 6.07) is 0. The molecular weight excluding hydrogens is 132 g/mol. The first-order chi connectivity index (χ1) is 4.88. The molecule has 1 aliphatic rings. The molecule has 1 aromatic heterocycles. The van der Waals surface area contributed by atoms with Gasteiger partial charge in [-0.05, 0) is 18.1 Å². The average molecular weight is 138 g/mol. The lowest BCUT2D eigenvalue weighted by molar-refractivity contribution is 0.0957. The molecule has 0 aliphatic heterocycles. The first kappa shape index (κ1) is 5.52. The molecule has 1 N–H and O–H groups in total. The minimum Gasteiger partial charge on any atom is -0.290 e. The molecule has 0 amide bonds. The third-order valence-electron chi connectivity index (χ3n) is 1.51. The SMILES string of the molecule is O=C(c1nn[nH]n1)C1CC1. The molecule has 5 heteroatoms. The number of carbonyl (C=O) groups is 1. The van der Waals surface area contributed by atoms with Crippen molar-refractivity contribution < 1.29 is 4.79 Å². The lowest BCUT2D eigenvalue weighted by Gasteiger charge is -1.84. The highest BCUT2D eigenvalue weighted by Gasteiger charge is 2.32. The van der Waals surface area contributed by atoms with E-state index >= 15 is 0 Å². The van der Waals surface area contributed by atoms with E-state index in [-0.39, 0.29) is 17.5 Å². The first-order valence-electron chi connectivity index (χ1n) is 3.15. The topological polar surface area (TPSA) is 71.5 Å². The van der Waals surface area contributed by atoms with Crippen LogP contribution in [0.25, 0.3) is 0 Å². The molecule has 0 bridgehead atoms. The van der Waals surface area contributed by atoms with Crippen LogP contribution < -0.4 is 0 Å². The van der Waals surface area contributed by atoms with Crippen molar-refractivity contribution in [2.24, 2.45) is 5.92 Å². The third-order valence-corrected chi connectivity index (χ3v) is 1.51. The molecule has 1 aliphatic carbocycles. The summed E-state index contributed by atoms with van der Waals surface area (Å²) in [7, 11) is 0. The number of nitrogens with one attached hydrogen (secondary N) is 1. The maximum absolute atomic E-state index is 11.1. The normalized spacial score (nSPS) is 17.2. The number of hydrogen-bond acceptors (Lipinski definition) is 4. The zero-order valence-electron chi connectivity index (χ0n) is 5.24. The van der Waals surface area contributed by atoms with E-state index in [1.807, 2.05) is 0 Å². The second-order valence-corrected chi connectivity index (χ2v) is 2.37. The van der Waals surface area contributed by atoms with E-state index in [2.05, 4.69) is 20.6 Å². The van der Waals surface area contributed by atoms with Crippen LogP contribution in [0, 0.1) is 5.92 Å². The molecule has 0 radical (unpaired) electrons. The van der Waals surface area contributed by atoms with E-state index in [1.54, 1.807) is 0 Å². The lowest BCUT2D eigenvalue weighted by Crippen LogP contribution is -2.03. The maximum Gasteiger partial charge on any atom is 0.240 e. The molecule has 52 valence electrons. The van der Waals surface area contributed by atoms with E-state index < -0.39 is 0 Å². The van der Waals surface area contributed by atoms with Gasteiger partial charge in [-0.15, -0.1) is 10.2 Å². The van der Waals surface area contributed by atoms with Crippen molar-refractivity contribution in [2.45, 2.75) is 12.8 Å². The van der Waals surface area contributed by atoms with E-state index in [0.29, 0.717) is 0 Å². The summed E-state index contributed by atoms with van der Waals surface area (Å²) in [5, 5.41) is 12.7. The van der Waals surface area contributed by atoms with Gasteiger partial charge in [0.05, 0.1) is 0 Å². The molecule has 1 aromatic rings. The van der Waals surface area contributed by atoms with E-state index in [9.17, 15) is 4.79 Å². The molecular formula is C5H6N4O. The Morgan fingerprint density at radius 2 is 2.40 bits per heavy atom. The van der Waals surface area contributed by atoms with Crippen LogP contribution in [-0.2, 0) is 0 Å². The zero-order valence-corrected chi connectivity index (χ0v) is 5.24. The summed E-state index contributed by atoms with van der Waals surface area (Å²) in [6.45, 7) is 0. The Balaban J connectivity index is 2.19. The number of ketones is 1. The molecule has 1 saturated carbocycles. The lowest BCUT2D eigenvalue weighted by atomic mass is 10.2. The first-order valence-corrected chi connectivity index (χ1v) is 3.15. The van der Waals surface area contributed by atoms with Crippen molar-refractivity contribution in [1.82, 2.24) is 20.6 Å². The van der Waals surface area contributed by atoms with Gasteiger partial charge in [0.15, 0.2) is 0 Å². The maximum atomic E-state index is 11.1. The number of rotatable bonds is 2. The molecule has 0 spiro atoms.